The van der Waals surface area contributed by atoms with Gasteiger partial charge in [0.2, 0.25) is 5.91 Å². The van der Waals surface area contributed by atoms with Crippen molar-refractivity contribution in [2.45, 2.75) is 18.9 Å². The number of nitrogens with zero attached hydrogens (tertiary/aromatic N) is 1. The summed E-state index contributed by atoms with van der Waals surface area (Å²) in [4.78, 5) is 25.2. The molecule has 0 unspecified atom stereocenters. The highest BCUT2D eigenvalue weighted by atomic mass is 35.5. The van der Waals surface area contributed by atoms with E-state index >= 15 is 0 Å². The van der Waals surface area contributed by atoms with Crippen molar-refractivity contribution < 1.29 is 14.7 Å². The quantitative estimate of drug-likeness (QED) is 0.827. The number of carbonyl (C=O) groups excluding carboxylic acids is 2. The minimum Gasteiger partial charge on any atom is -0.507 e. The first-order valence-electron chi connectivity index (χ1n) is 6.54. The monoisotopic (exact) mass is 296 g/mol. The van der Waals surface area contributed by atoms with E-state index in [0.29, 0.717) is 25.9 Å². The third-order valence-electron chi connectivity index (χ3n) is 3.45. The highest BCUT2D eigenvalue weighted by molar-refractivity contribution is 6.27. The zero-order chi connectivity index (χ0) is 14.5. The van der Waals surface area contributed by atoms with E-state index in [0.717, 1.165) is 0 Å². The highest BCUT2D eigenvalue weighted by Gasteiger charge is 2.24. The lowest BCUT2D eigenvalue weighted by Crippen LogP contribution is -2.46. The summed E-state index contributed by atoms with van der Waals surface area (Å²) in [7, 11) is 0. The summed E-state index contributed by atoms with van der Waals surface area (Å²) in [6, 6.07) is 6.45. The van der Waals surface area contributed by atoms with Crippen molar-refractivity contribution in [3.05, 3.63) is 29.8 Å². The van der Waals surface area contributed by atoms with Crippen LogP contribution < -0.4 is 5.32 Å². The van der Waals surface area contributed by atoms with Gasteiger partial charge in [0.15, 0.2) is 0 Å². The number of carbonyl (C=O) groups is 2. The average molecular weight is 297 g/mol. The van der Waals surface area contributed by atoms with E-state index in [4.69, 9.17) is 11.6 Å². The summed E-state index contributed by atoms with van der Waals surface area (Å²) >= 11 is 5.51. The van der Waals surface area contributed by atoms with Crippen LogP contribution in [0.15, 0.2) is 24.3 Å². The Balaban J connectivity index is 1.88. The number of amides is 2. The third-order valence-corrected chi connectivity index (χ3v) is 3.67. The van der Waals surface area contributed by atoms with E-state index in [1.54, 1.807) is 23.1 Å². The number of phenols is 1. The second-order valence-electron chi connectivity index (χ2n) is 4.78. The molecule has 2 amide bonds. The van der Waals surface area contributed by atoms with Gasteiger partial charge in [0.25, 0.3) is 5.91 Å². The number of rotatable bonds is 3. The van der Waals surface area contributed by atoms with Crippen LogP contribution in [0.2, 0.25) is 0 Å². The number of alkyl halides is 1. The van der Waals surface area contributed by atoms with Crippen molar-refractivity contribution >= 4 is 23.4 Å². The van der Waals surface area contributed by atoms with Gasteiger partial charge in [-0.1, -0.05) is 12.1 Å². The SMILES string of the molecule is O=C(NC1CCN(C(=O)CCl)CC1)c1ccccc1O. The number of benzene rings is 1. The molecule has 0 aromatic heterocycles. The molecular formula is C14H17ClN2O3. The van der Waals surface area contributed by atoms with E-state index in [1.807, 2.05) is 0 Å². The number of likely N-dealkylation sites (tertiary alicyclic amines) is 1. The van der Waals surface area contributed by atoms with Crippen LogP contribution in [0.4, 0.5) is 0 Å². The lowest BCUT2D eigenvalue weighted by atomic mass is 10.0. The topological polar surface area (TPSA) is 69.6 Å². The van der Waals surface area contributed by atoms with Gasteiger partial charge >= 0.3 is 0 Å². The fraction of sp³-hybridized carbons (Fsp3) is 0.429. The number of nitrogens with one attached hydrogen (secondary N) is 1. The van der Waals surface area contributed by atoms with Gasteiger partial charge in [0, 0.05) is 19.1 Å². The zero-order valence-corrected chi connectivity index (χ0v) is 11.8. The maximum Gasteiger partial charge on any atom is 0.255 e. The molecule has 0 saturated carbocycles. The Bertz CT molecular complexity index is 499. The van der Waals surface area contributed by atoms with Crippen molar-refractivity contribution in [1.29, 1.82) is 0 Å². The van der Waals surface area contributed by atoms with Crippen molar-refractivity contribution in [3.63, 3.8) is 0 Å². The van der Waals surface area contributed by atoms with Crippen LogP contribution in [-0.2, 0) is 4.79 Å². The smallest absolute Gasteiger partial charge is 0.255 e. The van der Waals surface area contributed by atoms with Crippen LogP contribution in [0, 0.1) is 0 Å². The Morgan fingerprint density at radius 2 is 1.95 bits per heavy atom. The molecule has 1 fully saturated rings. The average Bonchev–Trinajstić information content (AvgIpc) is 2.47. The summed E-state index contributed by atoms with van der Waals surface area (Å²) in [5.74, 6) is -0.392. The summed E-state index contributed by atoms with van der Waals surface area (Å²) in [6.45, 7) is 1.19. The molecule has 0 atom stereocenters. The summed E-state index contributed by atoms with van der Waals surface area (Å²) in [5.41, 5.74) is 0.270. The molecule has 0 radical (unpaired) electrons. The molecule has 20 heavy (non-hydrogen) atoms. The molecule has 2 rings (SSSR count). The molecule has 1 aliphatic rings. The van der Waals surface area contributed by atoms with Gasteiger partial charge in [-0.3, -0.25) is 9.59 Å². The van der Waals surface area contributed by atoms with Crippen LogP contribution in [0.1, 0.15) is 23.2 Å². The number of aromatic hydroxyl groups is 1. The Morgan fingerprint density at radius 1 is 1.30 bits per heavy atom. The van der Waals surface area contributed by atoms with E-state index in [2.05, 4.69) is 5.32 Å². The number of piperidine rings is 1. The van der Waals surface area contributed by atoms with Gasteiger partial charge in [-0.05, 0) is 25.0 Å². The molecule has 1 heterocycles. The number of para-hydroxylation sites is 1. The van der Waals surface area contributed by atoms with Crippen LogP contribution in [-0.4, -0.2) is 46.8 Å². The fourth-order valence-electron chi connectivity index (χ4n) is 2.29. The van der Waals surface area contributed by atoms with Gasteiger partial charge in [-0.25, -0.2) is 0 Å². The van der Waals surface area contributed by atoms with E-state index in [-0.39, 0.29) is 35.0 Å². The Kier molecular flexibility index (Phi) is 4.84. The van der Waals surface area contributed by atoms with Crippen LogP contribution in [0.3, 0.4) is 0 Å². The first-order chi connectivity index (χ1) is 9.61. The van der Waals surface area contributed by atoms with Gasteiger partial charge in [-0.2, -0.15) is 0 Å². The summed E-state index contributed by atoms with van der Waals surface area (Å²) < 4.78 is 0. The van der Waals surface area contributed by atoms with Gasteiger partial charge in [0.1, 0.15) is 11.6 Å². The Labute approximate surface area is 122 Å². The van der Waals surface area contributed by atoms with Crippen molar-refractivity contribution in [3.8, 4) is 5.75 Å². The Morgan fingerprint density at radius 3 is 2.55 bits per heavy atom. The van der Waals surface area contributed by atoms with Crippen LogP contribution in [0.25, 0.3) is 0 Å². The molecule has 0 spiro atoms. The highest BCUT2D eigenvalue weighted by Crippen LogP contribution is 2.17. The third kappa shape index (κ3) is 3.42. The molecule has 1 aromatic carbocycles. The molecule has 0 bridgehead atoms. The standard InChI is InChI=1S/C14H17ClN2O3/c15-9-13(19)17-7-5-10(6-8-17)16-14(20)11-3-1-2-4-12(11)18/h1-4,10,18H,5-9H2,(H,16,20). The van der Waals surface area contributed by atoms with Gasteiger partial charge < -0.3 is 15.3 Å². The number of halogens is 1. The number of phenolic OH excluding ortho intramolecular Hbond substituents is 1. The van der Waals surface area contributed by atoms with E-state index in [1.165, 1.54) is 6.07 Å². The predicted molar refractivity (Wildman–Crippen MR) is 75.9 cm³/mol. The molecule has 0 aliphatic carbocycles. The molecule has 1 saturated heterocycles. The second kappa shape index (κ2) is 6.61. The first kappa shape index (κ1) is 14.7. The van der Waals surface area contributed by atoms with Crippen molar-refractivity contribution in [1.82, 2.24) is 10.2 Å². The minimum atomic E-state index is -0.287. The molecule has 5 nitrogen and oxygen atoms in total. The predicted octanol–water partition coefficient (Wildman–Crippen LogP) is 1.35. The minimum absolute atomic E-state index is 0.00505. The van der Waals surface area contributed by atoms with E-state index < -0.39 is 0 Å². The maximum atomic E-state index is 12.0. The first-order valence-corrected chi connectivity index (χ1v) is 7.08. The van der Waals surface area contributed by atoms with Gasteiger partial charge in [0.05, 0.1) is 5.56 Å². The van der Waals surface area contributed by atoms with Gasteiger partial charge in [-0.15, -0.1) is 11.6 Å². The summed E-state index contributed by atoms with van der Waals surface area (Å²) in [5, 5.41) is 12.5. The molecule has 2 N–H and O–H groups in total. The largest absolute Gasteiger partial charge is 0.507 e. The van der Waals surface area contributed by atoms with Crippen LogP contribution in [0.5, 0.6) is 5.75 Å². The molecular weight excluding hydrogens is 280 g/mol. The van der Waals surface area contributed by atoms with Crippen LogP contribution >= 0.6 is 11.6 Å². The molecule has 1 aromatic rings. The molecule has 6 heteroatoms. The normalized spacial score (nSPS) is 15.9. The van der Waals surface area contributed by atoms with Crippen molar-refractivity contribution in [2.24, 2.45) is 0 Å². The maximum absolute atomic E-state index is 12.0. The summed E-state index contributed by atoms with van der Waals surface area (Å²) in [6.07, 6.45) is 1.39. The lowest BCUT2D eigenvalue weighted by Gasteiger charge is -2.32. The molecule has 108 valence electrons. The van der Waals surface area contributed by atoms with E-state index in [9.17, 15) is 14.7 Å². The lowest BCUT2D eigenvalue weighted by molar-refractivity contribution is -0.129. The zero-order valence-electron chi connectivity index (χ0n) is 11.0. The molecule has 1 aliphatic heterocycles. The second-order valence-corrected chi connectivity index (χ2v) is 5.05. The number of hydrogen-bond donors (Lipinski definition) is 2. The Hall–Kier alpha value is -1.75. The number of hydrogen-bond acceptors (Lipinski definition) is 3. The fourth-order valence-corrected chi connectivity index (χ4v) is 2.46. The van der Waals surface area contributed by atoms with Crippen molar-refractivity contribution in [2.75, 3.05) is 19.0 Å².